The Morgan fingerprint density at radius 2 is 1.80 bits per heavy atom. The molecule has 0 radical (unpaired) electrons. The van der Waals surface area contributed by atoms with Crippen LogP contribution in [0.4, 0.5) is 5.69 Å². The van der Waals surface area contributed by atoms with Crippen LogP contribution in [0, 0.1) is 10.1 Å². The minimum absolute atomic E-state index is 0.0954. The topological polar surface area (TPSA) is 77.3 Å². The zero-order chi connectivity index (χ0) is 14.7. The molecule has 2 rings (SSSR count). The molecule has 0 saturated carbocycles. The second-order valence-corrected chi connectivity index (χ2v) is 4.87. The van der Waals surface area contributed by atoms with Crippen LogP contribution in [0.2, 0.25) is 0 Å². The number of nitro groups is 1. The molecule has 2 aromatic carbocycles. The standard InChI is InChI=1S/C14H8BrNO4/c15-11-6-4-9(5-7-11)14(18)12-3-1-2-10(8-17)13(12)16(19)20/h1-8H. The molecule has 20 heavy (non-hydrogen) atoms. The molecule has 0 fully saturated rings. The van der Waals surface area contributed by atoms with Gasteiger partial charge in [-0.3, -0.25) is 19.7 Å². The van der Waals surface area contributed by atoms with Crippen LogP contribution in [0.3, 0.4) is 0 Å². The van der Waals surface area contributed by atoms with Crippen LogP contribution < -0.4 is 0 Å². The molecule has 0 aromatic heterocycles. The molecular formula is C14H8BrNO4. The molecule has 0 saturated heterocycles. The Bertz CT molecular complexity index is 695. The number of carbonyl (C=O) groups excluding carboxylic acids is 2. The number of nitrogens with zero attached hydrogens (tertiary/aromatic N) is 1. The summed E-state index contributed by atoms with van der Waals surface area (Å²) < 4.78 is 0.796. The first-order chi connectivity index (χ1) is 9.54. The number of nitro benzene ring substituents is 1. The molecule has 5 nitrogen and oxygen atoms in total. The summed E-state index contributed by atoms with van der Waals surface area (Å²) in [6, 6.07) is 10.6. The van der Waals surface area contributed by atoms with Crippen molar-refractivity contribution in [2.75, 3.05) is 0 Å². The zero-order valence-electron chi connectivity index (χ0n) is 10.1. The smallest absolute Gasteiger partial charge is 0.291 e. The SMILES string of the molecule is O=Cc1cccc(C(=O)c2ccc(Br)cc2)c1[N+](=O)[O-]. The zero-order valence-corrected chi connectivity index (χ0v) is 11.7. The molecule has 2 aromatic rings. The maximum Gasteiger partial charge on any atom is 0.291 e. The molecule has 0 aliphatic carbocycles. The number of rotatable bonds is 4. The van der Waals surface area contributed by atoms with Crippen LogP contribution in [-0.4, -0.2) is 17.0 Å². The third-order valence-corrected chi connectivity index (χ3v) is 3.26. The lowest BCUT2D eigenvalue weighted by atomic mass is 9.99. The van der Waals surface area contributed by atoms with E-state index in [4.69, 9.17) is 0 Å². The first-order valence-corrected chi connectivity index (χ1v) is 6.36. The Hall–Kier alpha value is -2.34. The van der Waals surface area contributed by atoms with Crippen molar-refractivity contribution in [3.05, 3.63) is 73.7 Å². The van der Waals surface area contributed by atoms with Crippen molar-refractivity contribution in [1.29, 1.82) is 0 Å². The Kier molecular flexibility index (Phi) is 4.05. The highest BCUT2D eigenvalue weighted by Crippen LogP contribution is 2.25. The monoisotopic (exact) mass is 333 g/mol. The third-order valence-electron chi connectivity index (χ3n) is 2.73. The molecule has 0 bridgehead atoms. The van der Waals surface area contributed by atoms with E-state index in [1.807, 2.05) is 0 Å². The predicted molar refractivity (Wildman–Crippen MR) is 76.1 cm³/mol. The highest BCUT2D eigenvalue weighted by atomic mass is 79.9. The number of carbonyl (C=O) groups is 2. The van der Waals surface area contributed by atoms with Crippen molar-refractivity contribution in [2.24, 2.45) is 0 Å². The fraction of sp³-hybridized carbons (Fsp3) is 0. The highest BCUT2D eigenvalue weighted by molar-refractivity contribution is 9.10. The maximum atomic E-state index is 12.3. The van der Waals surface area contributed by atoms with Crippen molar-refractivity contribution in [1.82, 2.24) is 0 Å². The van der Waals surface area contributed by atoms with Gasteiger partial charge in [0.15, 0.2) is 12.1 Å². The summed E-state index contributed by atoms with van der Waals surface area (Å²) in [5.41, 5.74) is -0.352. The van der Waals surface area contributed by atoms with Crippen LogP contribution in [0.15, 0.2) is 46.9 Å². The van der Waals surface area contributed by atoms with Gasteiger partial charge in [0.1, 0.15) is 5.56 Å². The van der Waals surface area contributed by atoms with E-state index in [0.717, 1.165) is 4.47 Å². The van der Waals surface area contributed by atoms with Gasteiger partial charge in [-0.1, -0.05) is 22.0 Å². The molecule has 0 aliphatic heterocycles. The van der Waals surface area contributed by atoms with E-state index >= 15 is 0 Å². The lowest BCUT2D eigenvalue weighted by Crippen LogP contribution is -2.07. The quantitative estimate of drug-likeness (QED) is 0.372. The molecule has 0 heterocycles. The van der Waals surface area contributed by atoms with Crippen molar-refractivity contribution in [2.45, 2.75) is 0 Å². The van der Waals surface area contributed by atoms with E-state index in [1.54, 1.807) is 24.3 Å². The second kappa shape index (κ2) is 5.75. The first kappa shape index (κ1) is 14.1. The minimum Gasteiger partial charge on any atom is -0.298 e. The van der Waals surface area contributed by atoms with Gasteiger partial charge < -0.3 is 0 Å². The van der Waals surface area contributed by atoms with Gasteiger partial charge in [0.05, 0.1) is 10.5 Å². The first-order valence-electron chi connectivity index (χ1n) is 5.57. The molecule has 6 heteroatoms. The lowest BCUT2D eigenvalue weighted by Gasteiger charge is -2.04. The van der Waals surface area contributed by atoms with Gasteiger partial charge in [-0.05, 0) is 36.4 Å². The van der Waals surface area contributed by atoms with Crippen LogP contribution in [0.1, 0.15) is 26.3 Å². The molecular weight excluding hydrogens is 326 g/mol. The highest BCUT2D eigenvalue weighted by Gasteiger charge is 2.24. The van der Waals surface area contributed by atoms with Crippen molar-refractivity contribution in [3.63, 3.8) is 0 Å². The normalized spacial score (nSPS) is 10.1. The van der Waals surface area contributed by atoms with E-state index in [0.29, 0.717) is 11.8 Å². The van der Waals surface area contributed by atoms with Crippen molar-refractivity contribution < 1.29 is 14.5 Å². The van der Waals surface area contributed by atoms with Gasteiger partial charge in [-0.15, -0.1) is 0 Å². The summed E-state index contributed by atoms with van der Waals surface area (Å²) in [6.45, 7) is 0. The Balaban J connectivity index is 2.57. The predicted octanol–water partition coefficient (Wildman–Crippen LogP) is 3.40. The van der Waals surface area contributed by atoms with Gasteiger partial charge >= 0.3 is 0 Å². The Morgan fingerprint density at radius 1 is 1.15 bits per heavy atom. The van der Waals surface area contributed by atoms with E-state index in [1.165, 1.54) is 18.2 Å². The largest absolute Gasteiger partial charge is 0.298 e. The number of hydrogen-bond donors (Lipinski definition) is 0. The van der Waals surface area contributed by atoms with Gasteiger partial charge in [0, 0.05) is 10.0 Å². The van der Waals surface area contributed by atoms with Crippen molar-refractivity contribution >= 4 is 33.7 Å². The number of benzene rings is 2. The lowest BCUT2D eigenvalue weighted by molar-refractivity contribution is -0.385. The van der Waals surface area contributed by atoms with Crippen molar-refractivity contribution in [3.8, 4) is 0 Å². The summed E-state index contributed by atoms with van der Waals surface area (Å²) in [7, 11) is 0. The van der Waals surface area contributed by atoms with Crippen LogP contribution in [0.25, 0.3) is 0 Å². The van der Waals surface area contributed by atoms with Crippen LogP contribution >= 0.6 is 15.9 Å². The average molecular weight is 334 g/mol. The fourth-order valence-electron chi connectivity index (χ4n) is 1.80. The molecule has 0 aliphatic rings. The van der Waals surface area contributed by atoms with Gasteiger partial charge in [0.25, 0.3) is 5.69 Å². The number of ketones is 1. The summed E-state index contributed by atoms with van der Waals surface area (Å²) in [6.07, 6.45) is 0.372. The summed E-state index contributed by atoms with van der Waals surface area (Å²) in [5, 5.41) is 11.1. The molecule has 0 amide bonds. The van der Waals surface area contributed by atoms with Gasteiger partial charge in [-0.25, -0.2) is 0 Å². The Morgan fingerprint density at radius 3 is 2.35 bits per heavy atom. The Labute approximate surface area is 122 Å². The molecule has 0 spiro atoms. The number of aldehydes is 1. The summed E-state index contributed by atoms with van der Waals surface area (Å²) in [4.78, 5) is 33.5. The number of hydrogen-bond acceptors (Lipinski definition) is 4. The molecule has 0 atom stereocenters. The number of para-hydroxylation sites is 1. The van der Waals surface area contributed by atoms with E-state index in [2.05, 4.69) is 15.9 Å². The summed E-state index contributed by atoms with van der Waals surface area (Å²) in [5.74, 6) is -0.493. The van der Waals surface area contributed by atoms with Gasteiger partial charge in [0.2, 0.25) is 0 Å². The van der Waals surface area contributed by atoms with E-state index in [9.17, 15) is 19.7 Å². The molecule has 0 N–H and O–H groups in total. The van der Waals surface area contributed by atoms with Gasteiger partial charge in [-0.2, -0.15) is 0 Å². The average Bonchev–Trinajstić information content (AvgIpc) is 2.46. The third kappa shape index (κ3) is 2.65. The maximum absolute atomic E-state index is 12.3. The summed E-state index contributed by atoms with van der Waals surface area (Å²) >= 11 is 3.25. The van der Waals surface area contributed by atoms with Crippen LogP contribution in [0.5, 0.6) is 0 Å². The molecule has 0 unspecified atom stereocenters. The molecule has 100 valence electrons. The fourth-order valence-corrected chi connectivity index (χ4v) is 2.06. The number of halogens is 1. The second-order valence-electron chi connectivity index (χ2n) is 3.95. The van der Waals surface area contributed by atoms with E-state index in [-0.39, 0.29) is 11.1 Å². The van der Waals surface area contributed by atoms with Crippen LogP contribution in [-0.2, 0) is 0 Å². The van der Waals surface area contributed by atoms with E-state index < -0.39 is 16.4 Å². The minimum atomic E-state index is -0.712.